The molecule has 1 amide bonds. The number of nitrogens with zero attached hydrogens (tertiary/aromatic N) is 1. The van der Waals surface area contributed by atoms with Crippen LogP contribution >= 0.6 is 0 Å². The second-order valence-corrected chi connectivity index (χ2v) is 3.91. The lowest BCUT2D eigenvalue weighted by molar-refractivity contribution is 0.0952. The van der Waals surface area contributed by atoms with Gasteiger partial charge in [0.25, 0.3) is 5.91 Å². The van der Waals surface area contributed by atoms with Gasteiger partial charge in [-0.2, -0.15) is 0 Å². The molecule has 0 radical (unpaired) electrons. The molecule has 0 aliphatic carbocycles. The number of carbonyl (C=O) groups is 1. The van der Waals surface area contributed by atoms with Crippen molar-refractivity contribution in [1.29, 1.82) is 0 Å². The summed E-state index contributed by atoms with van der Waals surface area (Å²) in [7, 11) is 0. The van der Waals surface area contributed by atoms with Gasteiger partial charge in [0.15, 0.2) is 0 Å². The van der Waals surface area contributed by atoms with Crippen molar-refractivity contribution >= 4 is 11.6 Å². The highest BCUT2D eigenvalue weighted by Crippen LogP contribution is 2.11. The number of anilines is 1. The largest absolute Gasteiger partial charge is 0.396 e. The van der Waals surface area contributed by atoms with Gasteiger partial charge in [-0.05, 0) is 30.3 Å². The molecule has 2 aromatic rings. The van der Waals surface area contributed by atoms with Crippen LogP contribution in [-0.4, -0.2) is 17.0 Å². The molecule has 0 spiro atoms. The van der Waals surface area contributed by atoms with Crippen LogP contribution in [0.4, 0.5) is 10.1 Å². The molecule has 1 aromatic carbocycles. The first-order valence-corrected chi connectivity index (χ1v) is 5.61. The maximum Gasteiger partial charge on any atom is 0.251 e. The van der Waals surface area contributed by atoms with Gasteiger partial charge in [0.2, 0.25) is 0 Å². The Morgan fingerprint density at radius 1 is 1.33 bits per heavy atom. The average molecular weight is 247 g/mol. The number of amides is 1. The van der Waals surface area contributed by atoms with Crippen LogP contribution in [0, 0.1) is 5.82 Å². The van der Waals surface area contributed by atoms with E-state index in [9.17, 15) is 9.18 Å². The van der Waals surface area contributed by atoms with Crippen LogP contribution in [0.2, 0.25) is 0 Å². The third-order valence-electron chi connectivity index (χ3n) is 2.58. The van der Waals surface area contributed by atoms with Crippen molar-refractivity contribution in [2.24, 2.45) is 0 Å². The van der Waals surface area contributed by atoms with Gasteiger partial charge < -0.3 is 15.6 Å². The van der Waals surface area contributed by atoms with E-state index in [-0.39, 0.29) is 17.2 Å². The van der Waals surface area contributed by atoms with Crippen LogP contribution in [0.5, 0.6) is 0 Å². The quantitative estimate of drug-likeness (QED) is 0.807. The summed E-state index contributed by atoms with van der Waals surface area (Å²) in [5, 5.41) is 2.72. The Kier molecular flexibility index (Phi) is 3.62. The number of rotatable bonds is 4. The predicted octanol–water partition coefficient (Wildman–Crippen LogP) is 1.64. The van der Waals surface area contributed by atoms with Crippen LogP contribution in [0.1, 0.15) is 10.4 Å². The van der Waals surface area contributed by atoms with E-state index in [2.05, 4.69) is 5.32 Å². The number of nitrogens with one attached hydrogen (secondary N) is 1. The van der Waals surface area contributed by atoms with Crippen molar-refractivity contribution in [3.8, 4) is 0 Å². The van der Waals surface area contributed by atoms with Gasteiger partial charge in [0.05, 0.1) is 5.69 Å². The molecule has 0 unspecified atom stereocenters. The molecule has 0 aliphatic rings. The summed E-state index contributed by atoms with van der Waals surface area (Å²) in [6.45, 7) is 1.16. The summed E-state index contributed by atoms with van der Waals surface area (Å²) in [6.07, 6.45) is 3.82. The molecular weight excluding hydrogens is 233 g/mol. The lowest BCUT2D eigenvalue weighted by Crippen LogP contribution is -2.27. The van der Waals surface area contributed by atoms with Crippen molar-refractivity contribution in [3.05, 3.63) is 54.1 Å². The summed E-state index contributed by atoms with van der Waals surface area (Å²) < 4.78 is 15.1. The average Bonchev–Trinajstić information content (AvgIpc) is 2.85. The van der Waals surface area contributed by atoms with Crippen molar-refractivity contribution in [1.82, 2.24) is 9.88 Å². The number of nitrogen functional groups attached to an aromatic ring is 1. The smallest absolute Gasteiger partial charge is 0.251 e. The van der Waals surface area contributed by atoms with Gasteiger partial charge in [-0.25, -0.2) is 4.39 Å². The number of halogens is 1. The number of hydrogen-bond acceptors (Lipinski definition) is 2. The van der Waals surface area contributed by atoms with Crippen LogP contribution < -0.4 is 11.1 Å². The van der Waals surface area contributed by atoms with Crippen LogP contribution in [0.25, 0.3) is 0 Å². The van der Waals surface area contributed by atoms with E-state index in [1.165, 1.54) is 12.1 Å². The topological polar surface area (TPSA) is 60.1 Å². The Balaban J connectivity index is 1.89. The standard InChI is InChI=1S/C13H14FN3O/c14-11-9-10(3-4-12(11)15)13(18)16-5-8-17-6-1-2-7-17/h1-4,6-7,9H,5,8,15H2,(H,16,18). The highest BCUT2D eigenvalue weighted by Gasteiger charge is 2.07. The molecule has 0 fully saturated rings. The number of hydrogen-bond donors (Lipinski definition) is 2. The normalized spacial score (nSPS) is 10.3. The minimum Gasteiger partial charge on any atom is -0.396 e. The Bertz CT molecular complexity index is 537. The lowest BCUT2D eigenvalue weighted by atomic mass is 10.2. The SMILES string of the molecule is Nc1ccc(C(=O)NCCn2cccc2)cc1F. The molecule has 0 saturated carbocycles. The van der Waals surface area contributed by atoms with Crippen molar-refractivity contribution < 1.29 is 9.18 Å². The summed E-state index contributed by atoms with van der Waals surface area (Å²) in [6, 6.07) is 7.86. The Hall–Kier alpha value is -2.30. The molecule has 3 N–H and O–H groups in total. The van der Waals surface area contributed by atoms with Crippen LogP contribution in [0.15, 0.2) is 42.7 Å². The van der Waals surface area contributed by atoms with E-state index in [1.54, 1.807) is 0 Å². The lowest BCUT2D eigenvalue weighted by Gasteiger charge is -2.07. The van der Waals surface area contributed by atoms with Gasteiger partial charge in [0.1, 0.15) is 5.82 Å². The zero-order valence-corrected chi connectivity index (χ0v) is 9.77. The fourth-order valence-corrected chi connectivity index (χ4v) is 1.59. The molecular formula is C13H14FN3O. The zero-order valence-electron chi connectivity index (χ0n) is 9.77. The fourth-order valence-electron chi connectivity index (χ4n) is 1.59. The summed E-state index contributed by atoms with van der Waals surface area (Å²) >= 11 is 0. The van der Waals surface area contributed by atoms with Crippen LogP contribution in [-0.2, 0) is 6.54 Å². The van der Waals surface area contributed by atoms with E-state index in [0.29, 0.717) is 13.1 Å². The first-order chi connectivity index (χ1) is 8.66. The first kappa shape index (κ1) is 12.2. The van der Waals surface area contributed by atoms with Gasteiger partial charge in [-0.3, -0.25) is 4.79 Å². The van der Waals surface area contributed by atoms with Gasteiger partial charge in [0, 0.05) is 31.0 Å². The Morgan fingerprint density at radius 2 is 2.06 bits per heavy atom. The van der Waals surface area contributed by atoms with Crippen molar-refractivity contribution in [2.75, 3.05) is 12.3 Å². The van der Waals surface area contributed by atoms with E-state index in [4.69, 9.17) is 5.73 Å². The molecule has 0 bridgehead atoms. The van der Waals surface area contributed by atoms with Gasteiger partial charge in [-0.15, -0.1) is 0 Å². The molecule has 2 rings (SSSR count). The minimum absolute atomic E-state index is 0.0406. The number of aromatic nitrogens is 1. The van der Waals surface area contributed by atoms with Gasteiger partial charge >= 0.3 is 0 Å². The second kappa shape index (κ2) is 5.35. The number of carbonyl (C=O) groups excluding carboxylic acids is 1. The first-order valence-electron chi connectivity index (χ1n) is 5.61. The minimum atomic E-state index is -0.576. The molecule has 4 nitrogen and oxygen atoms in total. The monoisotopic (exact) mass is 247 g/mol. The predicted molar refractivity (Wildman–Crippen MR) is 67.6 cm³/mol. The van der Waals surface area contributed by atoms with E-state index < -0.39 is 5.82 Å². The molecule has 1 aromatic heterocycles. The highest BCUT2D eigenvalue weighted by atomic mass is 19.1. The number of nitrogens with two attached hydrogens (primary N) is 1. The van der Waals surface area contributed by atoms with E-state index in [1.807, 2.05) is 29.1 Å². The maximum absolute atomic E-state index is 13.2. The Morgan fingerprint density at radius 3 is 2.72 bits per heavy atom. The fraction of sp³-hybridized carbons (Fsp3) is 0.154. The second-order valence-electron chi connectivity index (χ2n) is 3.91. The molecule has 18 heavy (non-hydrogen) atoms. The maximum atomic E-state index is 13.2. The number of benzene rings is 1. The highest BCUT2D eigenvalue weighted by molar-refractivity contribution is 5.94. The zero-order chi connectivity index (χ0) is 13.0. The summed E-state index contributed by atoms with van der Waals surface area (Å²) in [4.78, 5) is 11.7. The molecule has 5 heteroatoms. The molecule has 0 aliphatic heterocycles. The van der Waals surface area contributed by atoms with Crippen molar-refractivity contribution in [3.63, 3.8) is 0 Å². The van der Waals surface area contributed by atoms with Crippen LogP contribution in [0.3, 0.4) is 0 Å². The molecule has 94 valence electrons. The van der Waals surface area contributed by atoms with Gasteiger partial charge in [-0.1, -0.05) is 0 Å². The van der Waals surface area contributed by atoms with E-state index in [0.717, 1.165) is 6.07 Å². The summed E-state index contributed by atoms with van der Waals surface area (Å²) in [5.41, 5.74) is 5.66. The third kappa shape index (κ3) is 2.88. The Labute approximate surface area is 104 Å². The molecule has 1 heterocycles. The molecule has 0 atom stereocenters. The molecule has 0 saturated heterocycles. The third-order valence-corrected chi connectivity index (χ3v) is 2.58. The van der Waals surface area contributed by atoms with Crippen molar-refractivity contribution in [2.45, 2.75) is 6.54 Å². The van der Waals surface area contributed by atoms with E-state index >= 15 is 0 Å². The summed E-state index contributed by atoms with van der Waals surface area (Å²) in [5.74, 6) is -0.880.